The highest BCUT2D eigenvalue weighted by Crippen LogP contribution is 2.30. The second kappa shape index (κ2) is 4.09. The monoisotopic (exact) mass is 190 g/mol. The Hall–Kier alpha value is -1.57. The van der Waals surface area contributed by atoms with Crippen molar-refractivity contribution in [2.24, 2.45) is 0 Å². The van der Waals surface area contributed by atoms with E-state index in [1.54, 1.807) is 31.2 Å². The van der Waals surface area contributed by atoms with Crippen LogP contribution in [-0.4, -0.2) is 10.9 Å². The molecule has 0 saturated carbocycles. The number of Topliss-reactive ketones (excluding diaryl/α,β-unsaturated/α-hetero) is 1. The molecule has 0 heterocycles. The molecule has 0 aliphatic carbocycles. The van der Waals surface area contributed by atoms with Crippen LogP contribution in [0.3, 0.4) is 0 Å². The van der Waals surface area contributed by atoms with Crippen LogP contribution >= 0.6 is 0 Å². The fourth-order valence-electron chi connectivity index (χ4n) is 1.56. The minimum atomic E-state index is -0.392. The summed E-state index contributed by atoms with van der Waals surface area (Å²) in [5, 5.41) is 9.59. The standard InChI is InChI=1S/C12H14O2/c1-8(2)12(9(3)13)10-6-4-5-7-11(10)14/h4-7,12,14H,1H2,2-3H3. The maximum Gasteiger partial charge on any atom is 0.141 e. The van der Waals surface area contributed by atoms with Gasteiger partial charge < -0.3 is 5.11 Å². The van der Waals surface area contributed by atoms with Gasteiger partial charge in [-0.1, -0.05) is 30.4 Å². The zero-order valence-electron chi connectivity index (χ0n) is 8.45. The quantitative estimate of drug-likeness (QED) is 0.744. The normalized spacial score (nSPS) is 12.1. The molecule has 0 saturated heterocycles. The Morgan fingerprint density at radius 3 is 2.36 bits per heavy atom. The van der Waals surface area contributed by atoms with Crippen LogP contribution in [0.2, 0.25) is 0 Å². The molecule has 74 valence electrons. The van der Waals surface area contributed by atoms with E-state index in [0.717, 1.165) is 5.57 Å². The molecule has 0 fully saturated rings. The predicted molar refractivity (Wildman–Crippen MR) is 56.3 cm³/mol. The summed E-state index contributed by atoms with van der Waals surface area (Å²) >= 11 is 0. The fraction of sp³-hybridized carbons (Fsp3) is 0.250. The minimum absolute atomic E-state index is 0.000926. The van der Waals surface area contributed by atoms with Crippen LogP contribution in [0.4, 0.5) is 0 Å². The van der Waals surface area contributed by atoms with Crippen LogP contribution in [0.1, 0.15) is 25.3 Å². The summed E-state index contributed by atoms with van der Waals surface area (Å²) in [5.74, 6) is -0.245. The third kappa shape index (κ3) is 2.02. The van der Waals surface area contributed by atoms with Gasteiger partial charge in [0.1, 0.15) is 11.5 Å². The molecule has 0 amide bonds. The molecule has 2 nitrogen and oxygen atoms in total. The lowest BCUT2D eigenvalue weighted by atomic mass is 9.89. The Kier molecular flexibility index (Phi) is 3.07. The van der Waals surface area contributed by atoms with E-state index in [4.69, 9.17) is 0 Å². The average Bonchev–Trinajstić information content (AvgIpc) is 2.07. The summed E-state index contributed by atoms with van der Waals surface area (Å²) in [5.41, 5.74) is 1.38. The number of ketones is 1. The number of phenols is 1. The van der Waals surface area contributed by atoms with Crippen molar-refractivity contribution in [1.82, 2.24) is 0 Å². The van der Waals surface area contributed by atoms with Crippen LogP contribution in [0, 0.1) is 0 Å². The van der Waals surface area contributed by atoms with Gasteiger partial charge in [-0.15, -0.1) is 0 Å². The Morgan fingerprint density at radius 1 is 1.36 bits per heavy atom. The lowest BCUT2D eigenvalue weighted by Crippen LogP contribution is -2.09. The molecule has 0 radical (unpaired) electrons. The predicted octanol–water partition coefficient (Wildman–Crippen LogP) is 2.64. The maximum atomic E-state index is 11.4. The van der Waals surface area contributed by atoms with E-state index >= 15 is 0 Å². The number of para-hydroxylation sites is 1. The number of phenolic OH excluding ortho intramolecular Hbond substituents is 1. The third-order valence-electron chi connectivity index (χ3n) is 2.15. The number of aromatic hydroxyl groups is 1. The Bertz CT molecular complexity index is 352. The van der Waals surface area contributed by atoms with Gasteiger partial charge in [-0.2, -0.15) is 0 Å². The van der Waals surface area contributed by atoms with Crippen molar-refractivity contribution in [1.29, 1.82) is 0 Å². The first-order valence-corrected chi connectivity index (χ1v) is 4.47. The summed E-state index contributed by atoms with van der Waals surface area (Å²) in [6.07, 6.45) is 0. The van der Waals surface area contributed by atoms with Crippen LogP contribution in [0.15, 0.2) is 36.4 Å². The molecule has 1 aromatic rings. The van der Waals surface area contributed by atoms with Gasteiger partial charge in [0.05, 0.1) is 5.92 Å². The molecular weight excluding hydrogens is 176 g/mol. The average molecular weight is 190 g/mol. The van der Waals surface area contributed by atoms with Crippen molar-refractivity contribution in [2.75, 3.05) is 0 Å². The van der Waals surface area contributed by atoms with Crippen LogP contribution in [0.25, 0.3) is 0 Å². The molecule has 0 aliphatic heterocycles. The molecular formula is C12H14O2. The van der Waals surface area contributed by atoms with Gasteiger partial charge in [0.15, 0.2) is 0 Å². The highest BCUT2D eigenvalue weighted by atomic mass is 16.3. The Labute approximate surface area is 83.9 Å². The number of carbonyl (C=O) groups excluding carboxylic acids is 1. The first-order valence-electron chi connectivity index (χ1n) is 4.47. The number of allylic oxidation sites excluding steroid dienone is 1. The van der Waals surface area contributed by atoms with E-state index in [0.29, 0.717) is 5.56 Å². The Morgan fingerprint density at radius 2 is 1.93 bits per heavy atom. The topological polar surface area (TPSA) is 37.3 Å². The van der Waals surface area contributed by atoms with E-state index in [2.05, 4.69) is 6.58 Å². The summed E-state index contributed by atoms with van der Waals surface area (Å²) in [6, 6.07) is 6.85. The summed E-state index contributed by atoms with van der Waals surface area (Å²) < 4.78 is 0. The number of benzene rings is 1. The van der Waals surface area contributed by atoms with Gasteiger partial charge in [0, 0.05) is 5.56 Å². The zero-order chi connectivity index (χ0) is 10.7. The van der Waals surface area contributed by atoms with Crippen LogP contribution in [-0.2, 0) is 4.79 Å². The SMILES string of the molecule is C=C(C)C(C(C)=O)c1ccccc1O. The summed E-state index contributed by atoms with van der Waals surface area (Å²) in [7, 11) is 0. The highest BCUT2D eigenvalue weighted by Gasteiger charge is 2.19. The second-order valence-electron chi connectivity index (χ2n) is 3.45. The van der Waals surface area contributed by atoms with Crippen LogP contribution < -0.4 is 0 Å². The van der Waals surface area contributed by atoms with E-state index < -0.39 is 5.92 Å². The molecule has 1 aromatic carbocycles. The molecule has 0 aromatic heterocycles. The van der Waals surface area contributed by atoms with Gasteiger partial charge >= 0.3 is 0 Å². The van der Waals surface area contributed by atoms with Crippen molar-refractivity contribution in [3.05, 3.63) is 42.0 Å². The fourth-order valence-corrected chi connectivity index (χ4v) is 1.56. The minimum Gasteiger partial charge on any atom is -0.508 e. The van der Waals surface area contributed by atoms with Gasteiger partial charge in [-0.3, -0.25) is 4.79 Å². The third-order valence-corrected chi connectivity index (χ3v) is 2.15. The van der Waals surface area contributed by atoms with E-state index in [-0.39, 0.29) is 11.5 Å². The van der Waals surface area contributed by atoms with Gasteiger partial charge in [-0.25, -0.2) is 0 Å². The summed E-state index contributed by atoms with van der Waals surface area (Å²) in [4.78, 5) is 11.4. The smallest absolute Gasteiger partial charge is 0.141 e. The second-order valence-corrected chi connectivity index (χ2v) is 3.45. The van der Waals surface area contributed by atoms with Crippen molar-refractivity contribution in [2.45, 2.75) is 19.8 Å². The van der Waals surface area contributed by atoms with Gasteiger partial charge in [0.2, 0.25) is 0 Å². The maximum absolute atomic E-state index is 11.4. The van der Waals surface area contributed by atoms with Gasteiger partial charge in [-0.05, 0) is 19.9 Å². The molecule has 2 heteroatoms. The first kappa shape index (κ1) is 10.5. The van der Waals surface area contributed by atoms with E-state index in [9.17, 15) is 9.90 Å². The van der Waals surface area contributed by atoms with Crippen molar-refractivity contribution >= 4 is 5.78 Å². The van der Waals surface area contributed by atoms with Gasteiger partial charge in [0.25, 0.3) is 0 Å². The van der Waals surface area contributed by atoms with Crippen molar-refractivity contribution in [3.63, 3.8) is 0 Å². The molecule has 14 heavy (non-hydrogen) atoms. The molecule has 1 N–H and O–H groups in total. The largest absolute Gasteiger partial charge is 0.508 e. The molecule has 1 rings (SSSR count). The number of rotatable bonds is 3. The summed E-state index contributed by atoms with van der Waals surface area (Å²) in [6.45, 7) is 7.06. The lowest BCUT2D eigenvalue weighted by Gasteiger charge is -2.15. The molecule has 0 spiro atoms. The van der Waals surface area contributed by atoms with Crippen molar-refractivity contribution in [3.8, 4) is 5.75 Å². The number of hydrogen-bond acceptors (Lipinski definition) is 2. The molecule has 1 unspecified atom stereocenters. The van der Waals surface area contributed by atoms with Crippen molar-refractivity contribution < 1.29 is 9.90 Å². The lowest BCUT2D eigenvalue weighted by molar-refractivity contribution is -0.117. The van der Waals surface area contributed by atoms with Crippen LogP contribution in [0.5, 0.6) is 5.75 Å². The van der Waals surface area contributed by atoms with E-state index in [1.807, 2.05) is 0 Å². The number of carbonyl (C=O) groups is 1. The first-order chi connectivity index (χ1) is 6.54. The molecule has 0 bridgehead atoms. The highest BCUT2D eigenvalue weighted by molar-refractivity contribution is 5.87. The number of hydrogen-bond donors (Lipinski definition) is 1. The Balaban J connectivity index is 3.18. The molecule has 0 aliphatic rings. The van der Waals surface area contributed by atoms with E-state index in [1.165, 1.54) is 6.92 Å². The zero-order valence-corrected chi connectivity index (χ0v) is 8.45. The molecule has 1 atom stereocenters.